The number of carbonyl (C=O) groups is 1. The zero-order chi connectivity index (χ0) is 42.8. The minimum atomic E-state index is -4.34. The first-order valence-electron chi connectivity index (χ1n) is 24.4. The lowest BCUT2D eigenvalue weighted by atomic mass is 10.0. The maximum absolute atomic E-state index is 12.9. The molecule has 0 saturated carbocycles. The van der Waals surface area contributed by atoms with Crippen LogP contribution in [0.15, 0.2) is 36.5 Å². The summed E-state index contributed by atoms with van der Waals surface area (Å²) in [4.78, 5) is 23.1. The van der Waals surface area contributed by atoms with Crippen LogP contribution in [-0.4, -0.2) is 73.4 Å². The molecule has 0 rings (SSSR count). The van der Waals surface area contributed by atoms with E-state index >= 15 is 0 Å². The third-order valence-electron chi connectivity index (χ3n) is 10.8. The number of phosphoric ester groups is 1. The van der Waals surface area contributed by atoms with Crippen LogP contribution < -0.4 is 5.32 Å². The van der Waals surface area contributed by atoms with E-state index in [0.29, 0.717) is 17.4 Å². The monoisotopic (exact) mass is 840 g/mol. The third-order valence-corrected chi connectivity index (χ3v) is 11.8. The summed E-state index contributed by atoms with van der Waals surface area (Å²) in [6.07, 6.45) is 51.0. The standard InChI is InChI=1S/C49H95N2O6P/c1-6-8-10-12-14-16-18-19-20-21-22-23-24-25-26-27-28-29-30-31-32-33-35-37-39-41-43-49(53)50-47(46-57-58(54,55)56-45-44-51(3,4)5)48(52)42-40-38-36-34-17-15-13-11-9-7-2/h17,25-26,34,40,42,47-48,52H,6-16,18-24,27-33,35-39,41,43-46H2,1-5H3,(H-,50,53,54,55)/p+1/b26-25-,34-17+,42-40+. The van der Waals surface area contributed by atoms with Crippen LogP contribution in [0.5, 0.6) is 0 Å². The number of phosphoric acid groups is 1. The zero-order valence-electron chi connectivity index (χ0n) is 38.8. The van der Waals surface area contributed by atoms with Crippen LogP contribution in [0.4, 0.5) is 0 Å². The molecule has 0 bridgehead atoms. The predicted molar refractivity (Wildman–Crippen MR) is 249 cm³/mol. The summed E-state index contributed by atoms with van der Waals surface area (Å²) in [6.45, 7) is 4.76. The molecule has 0 saturated heterocycles. The van der Waals surface area contributed by atoms with Crippen molar-refractivity contribution in [2.75, 3.05) is 40.9 Å². The molecular formula is C49H96N2O6P+. The first kappa shape index (κ1) is 56.7. The van der Waals surface area contributed by atoms with E-state index in [9.17, 15) is 19.4 Å². The van der Waals surface area contributed by atoms with E-state index in [0.717, 1.165) is 38.5 Å². The second kappa shape index (κ2) is 41.1. The van der Waals surface area contributed by atoms with Gasteiger partial charge in [-0.15, -0.1) is 0 Å². The summed E-state index contributed by atoms with van der Waals surface area (Å²) in [5.74, 6) is -0.190. The molecule has 0 spiro atoms. The van der Waals surface area contributed by atoms with E-state index in [-0.39, 0.29) is 19.1 Å². The minimum Gasteiger partial charge on any atom is -0.387 e. The van der Waals surface area contributed by atoms with Gasteiger partial charge in [-0.3, -0.25) is 13.8 Å². The molecule has 0 aliphatic carbocycles. The molecule has 3 atom stereocenters. The quantitative estimate of drug-likeness (QED) is 0.0244. The minimum absolute atomic E-state index is 0.0559. The zero-order valence-corrected chi connectivity index (χ0v) is 39.7. The first-order valence-corrected chi connectivity index (χ1v) is 25.9. The molecule has 8 nitrogen and oxygen atoms in total. The summed E-state index contributed by atoms with van der Waals surface area (Å²) in [6, 6.07) is -0.861. The Balaban J connectivity index is 4.15. The van der Waals surface area contributed by atoms with Crippen LogP contribution in [0.25, 0.3) is 0 Å². The molecule has 9 heteroatoms. The molecule has 3 unspecified atom stereocenters. The number of aliphatic hydroxyl groups excluding tert-OH is 1. The maximum Gasteiger partial charge on any atom is 0.472 e. The topological polar surface area (TPSA) is 105 Å². The van der Waals surface area contributed by atoms with Crippen molar-refractivity contribution in [2.24, 2.45) is 0 Å². The molecule has 0 aromatic carbocycles. The molecule has 1 amide bonds. The van der Waals surface area contributed by atoms with Gasteiger partial charge in [-0.05, 0) is 57.8 Å². The number of hydrogen-bond acceptors (Lipinski definition) is 5. The van der Waals surface area contributed by atoms with Crippen LogP contribution in [0.3, 0.4) is 0 Å². The van der Waals surface area contributed by atoms with Gasteiger partial charge in [0.2, 0.25) is 5.91 Å². The van der Waals surface area contributed by atoms with Gasteiger partial charge in [-0.2, -0.15) is 0 Å². The lowest BCUT2D eigenvalue weighted by Gasteiger charge is -2.25. The molecule has 58 heavy (non-hydrogen) atoms. The highest BCUT2D eigenvalue weighted by Gasteiger charge is 2.27. The van der Waals surface area contributed by atoms with Crippen LogP contribution in [0, 0.1) is 0 Å². The SMILES string of the molecule is CCCCCC/C=C/CC/C=C/C(O)C(COP(=O)(O)OCC[N+](C)(C)C)NC(=O)CCCCCCCCCCCC/C=C\CCCCCCCCCCCCCC. The van der Waals surface area contributed by atoms with E-state index in [4.69, 9.17) is 9.05 Å². The number of allylic oxidation sites excluding steroid dienone is 5. The van der Waals surface area contributed by atoms with E-state index in [1.54, 1.807) is 6.08 Å². The normalized spacial score (nSPS) is 14.5. The predicted octanol–water partition coefficient (Wildman–Crippen LogP) is 13.9. The van der Waals surface area contributed by atoms with Crippen molar-refractivity contribution in [3.05, 3.63) is 36.5 Å². The number of likely N-dealkylation sites (N-methyl/N-ethyl adjacent to an activating group) is 1. The molecule has 0 heterocycles. The first-order chi connectivity index (χ1) is 28.0. The molecule has 0 aromatic heterocycles. The molecule has 0 fully saturated rings. The average Bonchev–Trinajstić information content (AvgIpc) is 3.17. The maximum atomic E-state index is 12.9. The summed E-state index contributed by atoms with van der Waals surface area (Å²) < 4.78 is 23.5. The summed E-state index contributed by atoms with van der Waals surface area (Å²) in [5, 5.41) is 13.8. The van der Waals surface area contributed by atoms with Crippen LogP contribution >= 0.6 is 7.82 Å². The molecule has 0 aliphatic rings. The molecule has 3 N–H and O–H groups in total. The van der Waals surface area contributed by atoms with E-state index < -0.39 is 20.0 Å². The highest BCUT2D eigenvalue weighted by atomic mass is 31.2. The molecule has 342 valence electrons. The number of unbranched alkanes of at least 4 members (excludes halogenated alkanes) is 27. The Morgan fingerprint density at radius 1 is 0.569 bits per heavy atom. The van der Waals surface area contributed by atoms with Crippen LogP contribution in [0.2, 0.25) is 0 Å². The second-order valence-corrected chi connectivity index (χ2v) is 19.3. The van der Waals surface area contributed by atoms with Gasteiger partial charge in [0, 0.05) is 6.42 Å². The number of aliphatic hydroxyl groups is 1. The van der Waals surface area contributed by atoms with Crippen molar-refractivity contribution in [3.8, 4) is 0 Å². The van der Waals surface area contributed by atoms with Gasteiger partial charge in [0.15, 0.2) is 0 Å². The summed E-state index contributed by atoms with van der Waals surface area (Å²) >= 11 is 0. The number of nitrogens with one attached hydrogen (secondary N) is 1. The van der Waals surface area contributed by atoms with Gasteiger partial charge in [0.1, 0.15) is 13.2 Å². The van der Waals surface area contributed by atoms with Gasteiger partial charge >= 0.3 is 7.82 Å². The van der Waals surface area contributed by atoms with Crippen LogP contribution in [0.1, 0.15) is 219 Å². The summed E-state index contributed by atoms with van der Waals surface area (Å²) in [7, 11) is 1.55. The molecule has 0 aliphatic heterocycles. The van der Waals surface area contributed by atoms with Crippen molar-refractivity contribution in [1.29, 1.82) is 0 Å². The lowest BCUT2D eigenvalue weighted by Crippen LogP contribution is -2.45. The number of rotatable bonds is 44. The Bertz CT molecular complexity index is 1040. The lowest BCUT2D eigenvalue weighted by molar-refractivity contribution is -0.870. The Kier molecular flexibility index (Phi) is 40.2. The van der Waals surface area contributed by atoms with Crippen molar-refractivity contribution >= 4 is 13.7 Å². The second-order valence-electron chi connectivity index (χ2n) is 17.8. The molecular weight excluding hydrogens is 744 g/mol. The Labute approximate surface area is 359 Å². The van der Waals surface area contributed by atoms with E-state index in [1.165, 1.54) is 161 Å². The number of carbonyl (C=O) groups excluding carboxylic acids is 1. The highest BCUT2D eigenvalue weighted by molar-refractivity contribution is 7.47. The van der Waals surface area contributed by atoms with Crippen molar-refractivity contribution in [3.63, 3.8) is 0 Å². The third kappa shape index (κ3) is 42.8. The largest absolute Gasteiger partial charge is 0.472 e. The van der Waals surface area contributed by atoms with Gasteiger partial charge in [0.25, 0.3) is 0 Å². The fourth-order valence-corrected chi connectivity index (χ4v) is 7.67. The van der Waals surface area contributed by atoms with Gasteiger partial charge in [-0.25, -0.2) is 4.57 Å². The highest BCUT2D eigenvalue weighted by Crippen LogP contribution is 2.43. The number of quaternary nitrogens is 1. The van der Waals surface area contributed by atoms with E-state index in [2.05, 4.69) is 43.5 Å². The van der Waals surface area contributed by atoms with E-state index in [1.807, 2.05) is 27.2 Å². The van der Waals surface area contributed by atoms with Gasteiger partial charge in [0.05, 0.1) is 39.9 Å². The smallest absolute Gasteiger partial charge is 0.387 e. The van der Waals surface area contributed by atoms with Crippen molar-refractivity contribution in [1.82, 2.24) is 5.32 Å². The number of nitrogens with zero attached hydrogens (tertiary/aromatic N) is 1. The van der Waals surface area contributed by atoms with Crippen molar-refractivity contribution in [2.45, 2.75) is 231 Å². The fraction of sp³-hybridized carbons (Fsp3) is 0.857. The van der Waals surface area contributed by atoms with Gasteiger partial charge < -0.3 is 19.8 Å². The Morgan fingerprint density at radius 3 is 1.40 bits per heavy atom. The molecule has 0 aromatic rings. The number of amides is 1. The van der Waals surface area contributed by atoms with Crippen molar-refractivity contribution < 1.29 is 32.9 Å². The summed E-state index contributed by atoms with van der Waals surface area (Å²) in [5.41, 5.74) is 0. The Morgan fingerprint density at radius 2 is 0.948 bits per heavy atom. The number of hydrogen-bond donors (Lipinski definition) is 3. The average molecular weight is 840 g/mol. The van der Waals surface area contributed by atoms with Crippen LogP contribution in [-0.2, 0) is 18.4 Å². The van der Waals surface area contributed by atoms with Gasteiger partial charge in [-0.1, -0.05) is 192 Å². The Hall–Kier alpha value is -1.28. The molecule has 0 radical (unpaired) electrons. The fourth-order valence-electron chi connectivity index (χ4n) is 6.93.